The van der Waals surface area contributed by atoms with Gasteiger partial charge in [-0.3, -0.25) is 19.2 Å². The zero-order valence-electron chi connectivity index (χ0n) is 20.0. The summed E-state index contributed by atoms with van der Waals surface area (Å²) in [7, 11) is 0. The normalized spacial score (nSPS) is 15.4. The van der Waals surface area contributed by atoms with Crippen LogP contribution >= 0.6 is 0 Å². The first-order valence-corrected chi connectivity index (χ1v) is 11.1. The summed E-state index contributed by atoms with van der Waals surface area (Å²) in [5.41, 5.74) is 11.3. The van der Waals surface area contributed by atoms with Gasteiger partial charge in [0.15, 0.2) is 0 Å². The van der Waals surface area contributed by atoms with Crippen LogP contribution in [0.3, 0.4) is 0 Å². The lowest BCUT2D eigenvalue weighted by atomic mass is 10.0. The van der Waals surface area contributed by atoms with Crippen molar-refractivity contribution in [1.29, 1.82) is 0 Å². The molecule has 10 N–H and O–H groups in total. The van der Waals surface area contributed by atoms with E-state index in [1.807, 2.05) is 0 Å². The van der Waals surface area contributed by atoms with E-state index in [0.29, 0.717) is 5.69 Å². The number of aliphatic hydroxyl groups excluding tert-OH is 1. The zero-order chi connectivity index (χ0) is 26.7. The number of aliphatic hydroxyl groups is 1. The second-order valence-electron chi connectivity index (χ2n) is 8.70. The van der Waals surface area contributed by atoms with E-state index in [2.05, 4.69) is 25.9 Å². The number of imidazole rings is 1. The molecule has 1 aromatic heterocycles. The third-order valence-corrected chi connectivity index (χ3v) is 5.07. The van der Waals surface area contributed by atoms with E-state index < -0.39 is 59.9 Å². The maximum absolute atomic E-state index is 13.0. The molecular formula is C21H35N7O7. The van der Waals surface area contributed by atoms with Crippen molar-refractivity contribution in [3.8, 4) is 0 Å². The van der Waals surface area contributed by atoms with Gasteiger partial charge in [0, 0.05) is 24.7 Å². The van der Waals surface area contributed by atoms with Gasteiger partial charge in [0.2, 0.25) is 23.6 Å². The van der Waals surface area contributed by atoms with Crippen LogP contribution in [0, 0.1) is 5.92 Å². The first-order valence-electron chi connectivity index (χ1n) is 11.1. The Morgan fingerprint density at radius 3 is 2.06 bits per heavy atom. The van der Waals surface area contributed by atoms with Gasteiger partial charge >= 0.3 is 5.97 Å². The number of carbonyl (C=O) groups excluding carboxylic acids is 4. The molecule has 0 aliphatic carbocycles. The molecule has 0 aliphatic rings. The Morgan fingerprint density at radius 2 is 1.57 bits per heavy atom. The molecule has 4 amide bonds. The summed E-state index contributed by atoms with van der Waals surface area (Å²) in [5, 5.41) is 26.3. The quantitative estimate of drug-likeness (QED) is 0.128. The summed E-state index contributed by atoms with van der Waals surface area (Å²) >= 11 is 0. The topological polar surface area (TPSA) is 243 Å². The molecule has 0 aromatic carbocycles. The van der Waals surface area contributed by atoms with Gasteiger partial charge in [-0.25, -0.2) is 9.78 Å². The summed E-state index contributed by atoms with van der Waals surface area (Å²) in [5.74, 6) is -4.40. The number of carboxylic acids is 1. The largest absolute Gasteiger partial charge is 0.480 e. The number of rotatable bonds is 15. The maximum atomic E-state index is 13.0. The number of hydrogen-bond donors (Lipinski definition) is 8. The van der Waals surface area contributed by atoms with E-state index >= 15 is 0 Å². The third-order valence-electron chi connectivity index (χ3n) is 5.07. The van der Waals surface area contributed by atoms with E-state index in [1.165, 1.54) is 19.4 Å². The number of amides is 4. The number of hydrogen-bond acceptors (Lipinski definition) is 8. The fourth-order valence-electron chi connectivity index (χ4n) is 3.11. The summed E-state index contributed by atoms with van der Waals surface area (Å²) in [6, 6.07) is -5.06. The van der Waals surface area contributed by atoms with Crippen LogP contribution < -0.4 is 27.4 Å². The van der Waals surface area contributed by atoms with Crippen molar-refractivity contribution in [2.75, 3.05) is 0 Å². The van der Waals surface area contributed by atoms with E-state index in [1.54, 1.807) is 13.8 Å². The van der Waals surface area contributed by atoms with Gasteiger partial charge in [-0.2, -0.15) is 0 Å². The molecule has 0 saturated carbocycles. The van der Waals surface area contributed by atoms with Crippen molar-refractivity contribution < 1.29 is 34.2 Å². The van der Waals surface area contributed by atoms with Gasteiger partial charge in [-0.1, -0.05) is 13.8 Å². The molecule has 0 radical (unpaired) electrons. The minimum Gasteiger partial charge on any atom is -0.480 e. The number of aromatic nitrogens is 2. The van der Waals surface area contributed by atoms with E-state index in [4.69, 9.17) is 11.5 Å². The van der Waals surface area contributed by atoms with Crippen molar-refractivity contribution in [3.05, 3.63) is 18.2 Å². The molecule has 1 rings (SSSR count). The molecule has 14 heteroatoms. The Morgan fingerprint density at radius 1 is 1.00 bits per heavy atom. The molecule has 196 valence electrons. The molecular weight excluding hydrogens is 462 g/mol. The molecule has 0 spiro atoms. The minimum absolute atomic E-state index is 0.0245. The van der Waals surface area contributed by atoms with Crippen LogP contribution in [0.25, 0.3) is 0 Å². The number of nitrogens with two attached hydrogens (primary N) is 2. The fraction of sp³-hybridized carbons (Fsp3) is 0.619. The molecule has 0 aliphatic heterocycles. The Kier molecular flexibility index (Phi) is 11.8. The molecule has 0 fully saturated rings. The molecule has 5 atom stereocenters. The average molecular weight is 498 g/mol. The fourth-order valence-corrected chi connectivity index (χ4v) is 3.11. The lowest BCUT2D eigenvalue weighted by Gasteiger charge is -2.25. The van der Waals surface area contributed by atoms with Crippen molar-refractivity contribution in [2.24, 2.45) is 17.4 Å². The number of carboxylic acid groups (broad SMARTS) is 1. The summed E-state index contributed by atoms with van der Waals surface area (Å²) in [6.07, 6.45) is 1.26. The Balaban J connectivity index is 3.10. The van der Waals surface area contributed by atoms with Crippen molar-refractivity contribution in [1.82, 2.24) is 25.9 Å². The standard InChI is InChI=1S/C21H35N7O7/c1-10(2)6-15(21(34)35)28-19(32)14(7-12-8-24-9-25-12)27-18(31)13(4-5-16(22)30)26-20(33)17(23)11(3)29/h8-11,13-15,17,29H,4-7,23H2,1-3H3,(H2,22,30)(H,24,25)(H,26,33)(H,27,31)(H,28,32)(H,34,35). The molecule has 1 aromatic rings. The van der Waals surface area contributed by atoms with Gasteiger partial charge in [0.25, 0.3) is 0 Å². The third kappa shape index (κ3) is 10.5. The van der Waals surface area contributed by atoms with E-state index in [-0.39, 0.29) is 31.6 Å². The predicted molar refractivity (Wildman–Crippen MR) is 123 cm³/mol. The zero-order valence-corrected chi connectivity index (χ0v) is 20.0. The first kappa shape index (κ1) is 29.5. The number of nitrogens with one attached hydrogen (secondary N) is 4. The van der Waals surface area contributed by atoms with Crippen LogP contribution in [0.1, 0.15) is 45.7 Å². The van der Waals surface area contributed by atoms with Gasteiger partial charge in [-0.15, -0.1) is 0 Å². The highest BCUT2D eigenvalue weighted by Crippen LogP contribution is 2.08. The smallest absolute Gasteiger partial charge is 0.326 e. The molecule has 5 unspecified atom stereocenters. The highest BCUT2D eigenvalue weighted by molar-refractivity contribution is 5.94. The van der Waals surface area contributed by atoms with Crippen LogP contribution in [-0.4, -0.2) is 80.1 Å². The van der Waals surface area contributed by atoms with Crippen molar-refractivity contribution >= 4 is 29.6 Å². The Bertz CT molecular complexity index is 873. The van der Waals surface area contributed by atoms with E-state index in [9.17, 15) is 34.2 Å². The Hall–Kier alpha value is -3.52. The summed E-state index contributed by atoms with van der Waals surface area (Å²) in [6.45, 7) is 4.90. The number of nitrogens with zero attached hydrogens (tertiary/aromatic N) is 1. The average Bonchev–Trinajstić information content (AvgIpc) is 3.27. The summed E-state index contributed by atoms with van der Waals surface area (Å²) in [4.78, 5) is 67.8. The van der Waals surface area contributed by atoms with Gasteiger partial charge in [0.05, 0.1) is 12.4 Å². The second-order valence-corrected chi connectivity index (χ2v) is 8.70. The maximum Gasteiger partial charge on any atom is 0.326 e. The van der Waals surface area contributed by atoms with Gasteiger partial charge in [-0.05, 0) is 25.7 Å². The highest BCUT2D eigenvalue weighted by Gasteiger charge is 2.31. The first-order chi connectivity index (χ1) is 16.3. The number of aromatic amines is 1. The number of carbonyl (C=O) groups is 5. The second kappa shape index (κ2) is 14.0. The number of aliphatic carboxylic acids is 1. The monoisotopic (exact) mass is 497 g/mol. The molecule has 1 heterocycles. The SMILES string of the molecule is CC(C)CC(NC(=O)C(Cc1cnc[nH]1)NC(=O)C(CCC(N)=O)NC(=O)C(N)C(C)O)C(=O)O. The number of H-pyrrole nitrogens is 1. The van der Waals surface area contributed by atoms with Gasteiger partial charge in [0.1, 0.15) is 24.2 Å². The number of primary amides is 1. The van der Waals surface area contributed by atoms with Crippen LogP contribution in [0.4, 0.5) is 0 Å². The van der Waals surface area contributed by atoms with Crippen LogP contribution in [0.5, 0.6) is 0 Å². The summed E-state index contributed by atoms with van der Waals surface area (Å²) < 4.78 is 0. The van der Waals surface area contributed by atoms with Crippen LogP contribution in [0.15, 0.2) is 12.5 Å². The lowest BCUT2D eigenvalue weighted by Crippen LogP contribution is -2.58. The molecule has 0 saturated heterocycles. The van der Waals surface area contributed by atoms with Crippen LogP contribution in [0.2, 0.25) is 0 Å². The van der Waals surface area contributed by atoms with E-state index in [0.717, 1.165) is 0 Å². The molecule has 14 nitrogen and oxygen atoms in total. The predicted octanol–water partition coefficient (Wildman–Crippen LogP) is -2.49. The van der Waals surface area contributed by atoms with Gasteiger partial charge < -0.3 is 42.6 Å². The molecule has 35 heavy (non-hydrogen) atoms. The van der Waals surface area contributed by atoms with Crippen molar-refractivity contribution in [2.45, 2.75) is 76.7 Å². The Labute approximate surface area is 202 Å². The highest BCUT2D eigenvalue weighted by atomic mass is 16.4. The minimum atomic E-state index is -1.34. The lowest BCUT2D eigenvalue weighted by molar-refractivity contribution is -0.142. The van der Waals surface area contributed by atoms with Crippen molar-refractivity contribution in [3.63, 3.8) is 0 Å². The van der Waals surface area contributed by atoms with Crippen LogP contribution in [-0.2, 0) is 30.4 Å². The molecule has 0 bridgehead atoms.